The Labute approximate surface area is 154 Å². The molecule has 0 saturated carbocycles. The van der Waals surface area contributed by atoms with Crippen molar-refractivity contribution in [2.75, 3.05) is 26.2 Å². The quantitative estimate of drug-likeness (QED) is 0.719. The molecule has 24 heavy (non-hydrogen) atoms. The summed E-state index contributed by atoms with van der Waals surface area (Å²) in [6.45, 7) is 5.09. The van der Waals surface area contributed by atoms with Crippen LogP contribution in [-0.2, 0) is 14.1 Å². The minimum absolute atomic E-state index is 0.0162. The second-order valence-corrected chi connectivity index (χ2v) is 7.65. The largest absolute Gasteiger partial charge is 0.477 e. The maximum Gasteiger partial charge on any atom is 0.477 e. The van der Waals surface area contributed by atoms with E-state index < -0.39 is 13.0 Å². The van der Waals surface area contributed by atoms with Gasteiger partial charge in [-0.15, -0.1) is 0 Å². The molecule has 0 unspecified atom stereocenters. The first-order chi connectivity index (χ1) is 11.3. The number of carbonyl (C=O) groups is 2. The number of hydrogen-bond donors (Lipinski definition) is 2. The van der Waals surface area contributed by atoms with Gasteiger partial charge < -0.3 is 19.9 Å². The van der Waals surface area contributed by atoms with Gasteiger partial charge in [0.2, 0.25) is 5.91 Å². The second-order valence-electron chi connectivity index (χ2n) is 6.33. The van der Waals surface area contributed by atoms with Crippen LogP contribution in [0.15, 0.2) is 22.7 Å². The molecule has 1 saturated heterocycles. The zero-order chi connectivity index (χ0) is 17.7. The molecule has 9 heteroatoms. The van der Waals surface area contributed by atoms with Crippen LogP contribution in [0, 0.1) is 5.41 Å². The summed E-state index contributed by atoms with van der Waals surface area (Å²) in [7, 11) is -0.461. The van der Waals surface area contributed by atoms with E-state index in [1.54, 1.807) is 18.2 Å². The first kappa shape index (κ1) is 19.2. The minimum atomic E-state index is -0.461. The highest BCUT2D eigenvalue weighted by Crippen LogP contribution is 2.21. The van der Waals surface area contributed by atoms with Crippen molar-refractivity contribution < 1.29 is 18.9 Å². The number of amides is 2. The molecule has 130 valence electrons. The van der Waals surface area contributed by atoms with Crippen molar-refractivity contribution >= 4 is 46.5 Å². The Hall–Kier alpha value is -1.09. The van der Waals surface area contributed by atoms with Crippen LogP contribution in [0.1, 0.15) is 24.2 Å². The monoisotopic (exact) mass is 416 g/mol. The SMILES string of the molecule is CC1(C)COB(CNC(=O)CNC(=O)c2cc(Br)ccc2Cl)OC1. The third-order valence-corrected chi connectivity index (χ3v) is 4.19. The predicted octanol–water partition coefficient (Wildman–Crippen LogP) is 2.05. The lowest BCUT2D eigenvalue weighted by Gasteiger charge is -2.33. The van der Waals surface area contributed by atoms with Gasteiger partial charge in [0, 0.05) is 23.1 Å². The van der Waals surface area contributed by atoms with Crippen molar-refractivity contribution in [2.24, 2.45) is 5.41 Å². The van der Waals surface area contributed by atoms with Gasteiger partial charge in [-0.2, -0.15) is 0 Å². The first-order valence-electron chi connectivity index (χ1n) is 7.50. The van der Waals surface area contributed by atoms with Gasteiger partial charge in [-0.1, -0.05) is 41.4 Å². The third-order valence-electron chi connectivity index (χ3n) is 3.37. The highest BCUT2D eigenvalue weighted by atomic mass is 79.9. The van der Waals surface area contributed by atoms with Crippen LogP contribution in [-0.4, -0.2) is 45.1 Å². The molecule has 1 fully saturated rings. The molecule has 0 atom stereocenters. The summed E-state index contributed by atoms with van der Waals surface area (Å²) in [5, 5.41) is 5.52. The van der Waals surface area contributed by atoms with E-state index in [1.807, 2.05) is 13.8 Å². The lowest BCUT2D eigenvalue weighted by molar-refractivity contribution is -0.120. The highest BCUT2D eigenvalue weighted by Gasteiger charge is 2.32. The molecule has 1 aliphatic rings. The number of halogens is 2. The van der Waals surface area contributed by atoms with Gasteiger partial charge in [-0.05, 0) is 18.2 Å². The Balaban J connectivity index is 1.73. The number of carbonyl (C=O) groups excluding carboxylic acids is 2. The molecule has 0 bridgehead atoms. The van der Waals surface area contributed by atoms with Gasteiger partial charge in [0.1, 0.15) is 0 Å². The van der Waals surface area contributed by atoms with E-state index in [1.165, 1.54) is 0 Å². The molecular weight excluding hydrogens is 398 g/mol. The molecule has 0 aromatic heterocycles. The Bertz CT molecular complexity index is 619. The molecule has 1 aromatic rings. The van der Waals surface area contributed by atoms with E-state index in [-0.39, 0.29) is 24.3 Å². The smallest absolute Gasteiger partial charge is 0.409 e. The molecule has 1 aromatic carbocycles. The van der Waals surface area contributed by atoms with Crippen LogP contribution in [0.25, 0.3) is 0 Å². The lowest BCUT2D eigenvalue weighted by Crippen LogP contribution is -2.48. The molecule has 2 amide bonds. The van der Waals surface area contributed by atoms with Gasteiger partial charge in [0.15, 0.2) is 0 Å². The third kappa shape index (κ3) is 5.77. The lowest BCUT2D eigenvalue weighted by atomic mass is 9.84. The van der Waals surface area contributed by atoms with Crippen LogP contribution >= 0.6 is 27.5 Å². The molecule has 1 aliphatic heterocycles. The van der Waals surface area contributed by atoms with E-state index >= 15 is 0 Å². The number of benzene rings is 1. The average molecular weight is 417 g/mol. The molecule has 6 nitrogen and oxygen atoms in total. The summed E-state index contributed by atoms with van der Waals surface area (Å²) in [5.74, 6) is -0.741. The molecule has 1 heterocycles. The molecule has 2 N–H and O–H groups in total. The van der Waals surface area contributed by atoms with Crippen LogP contribution in [0.4, 0.5) is 0 Å². The van der Waals surface area contributed by atoms with Gasteiger partial charge >= 0.3 is 7.12 Å². The van der Waals surface area contributed by atoms with Crippen LogP contribution < -0.4 is 10.6 Å². The summed E-state index contributed by atoms with van der Waals surface area (Å²) < 4.78 is 11.8. The Morgan fingerprint density at radius 3 is 2.62 bits per heavy atom. The Morgan fingerprint density at radius 2 is 1.96 bits per heavy atom. The zero-order valence-electron chi connectivity index (χ0n) is 13.5. The van der Waals surface area contributed by atoms with Crippen molar-refractivity contribution in [3.63, 3.8) is 0 Å². The standard InChI is InChI=1S/C15H19BBrClN2O4/c1-15(2)7-23-16(24-8-15)9-20-13(21)6-19-14(22)11-5-10(17)3-4-12(11)18/h3-5H,6-9H2,1-2H3,(H,19,22)(H,20,21). The molecule has 0 radical (unpaired) electrons. The topological polar surface area (TPSA) is 76.7 Å². The van der Waals surface area contributed by atoms with Crippen LogP contribution in [0.2, 0.25) is 5.02 Å². The molecule has 0 aliphatic carbocycles. The Morgan fingerprint density at radius 1 is 1.29 bits per heavy atom. The fourth-order valence-electron chi connectivity index (χ4n) is 2.03. The number of rotatable bonds is 5. The zero-order valence-corrected chi connectivity index (χ0v) is 15.9. The Kier molecular flexibility index (Phi) is 6.68. The van der Waals surface area contributed by atoms with Crippen LogP contribution in [0.5, 0.6) is 0 Å². The van der Waals surface area contributed by atoms with Gasteiger partial charge in [-0.3, -0.25) is 9.59 Å². The first-order valence-corrected chi connectivity index (χ1v) is 8.67. The summed E-state index contributed by atoms with van der Waals surface area (Å²) in [6, 6.07) is 4.94. The molecular formula is C15H19BBrClN2O4. The summed E-state index contributed by atoms with van der Waals surface area (Å²) in [4.78, 5) is 23.9. The van der Waals surface area contributed by atoms with Crippen LogP contribution in [0.3, 0.4) is 0 Å². The van der Waals surface area contributed by atoms with Crippen molar-refractivity contribution in [3.8, 4) is 0 Å². The normalized spacial score (nSPS) is 16.6. The van der Waals surface area contributed by atoms with Crippen molar-refractivity contribution in [3.05, 3.63) is 33.3 Å². The maximum absolute atomic E-state index is 12.1. The van der Waals surface area contributed by atoms with E-state index in [4.69, 9.17) is 20.9 Å². The minimum Gasteiger partial charge on any atom is -0.409 e. The number of hydrogen-bond acceptors (Lipinski definition) is 4. The summed E-state index contributed by atoms with van der Waals surface area (Å²) in [6.07, 6.45) is 0.239. The maximum atomic E-state index is 12.1. The predicted molar refractivity (Wildman–Crippen MR) is 95.9 cm³/mol. The fourth-order valence-corrected chi connectivity index (χ4v) is 2.60. The van der Waals surface area contributed by atoms with Crippen molar-refractivity contribution in [1.82, 2.24) is 10.6 Å². The highest BCUT2D eigenvalue weighted by molar-refractivity contribution is 9.10. The fraction of sp³-hybridized carbons (Fsp3) is 0.467. The van der Waals surface area contributed by atoms with Gasteiger partial charge in [0.05, 0.1) is 23.6 Å². The molecule has 2 rings (SSSR count). The van der Waals surface area contributed by atoms with Gasteiger partial charge in [-0.25, -0.2) is 0 Å². The van der Waals surface area contributed by atoms with E-state index in [0.717, 1.165) is 4.47 Å². The van der Waals surface area contributed by atoms with E-state index in [0.29, 0.717) is 23.8 Å². The van der Waals surface area contributed by atoms with E-state index in [9.17, 15) is 9.59 Å². The summed E-state index contributed by atoms with van der Waals surface area (Å²) in [5.41, 5.74) is 0.289. The van der Waals surface area contributed by atoms with Gasteiger partial charge in [0.25, 0.3) is 5.91 Å². The van der Waals surface area contributed by atoms with Crippen molar-refractivity contribution in [2.45, 2.75) is 13.8 Å². The average Bonchev–Trinajstić information content (AvgIpc) is 2.53. The number of nitrogens with one attached hydrogen (secondary N) is 2. The molecule has 0 spiro atoms. The van der Waals surface area contributed by atoms with Crippen molar-refractivity contribution in [1.29, 1.82) is 0 Å². The summed E-state index contributed by atoms with van der Waals surface area (Å²) >= 11 is 9.25. The van der Waals surface area contributed by atoms with E-state index in [2.05, 4.69) is 26.6 Å². The second kappa shape index (κ2) is 8.33.